The molecule has 0 aliphatic carbocycles. The summed E-state index contributed by atoms with van der Waals surface area (Å²) in [7, 11) is 1.83. The highest BCUT2D eigenvalue weighted by molar-refractivity contribution is 5.38. The van der Waals surface area contributed by atoms with Crippen LogP contribution in [0.2, 0.25) is 0 Å². The highest BCUT2D eigenvalue weighted by atomic mass is 16.3. The van der Waals surface area contributed by atoms with Gasteiger partial charge in [0.15, 0.2) is 0 Å². The predicted molar refractivity (Wildman–Crippen MR) is 53.7 cm³/mol. The third-order valence-electron chi connectivity index (χ3n) is 1.88. The van der Waals surface area contributed by atoms with Gasteiger partial charge in [-0.2, -0.15) is 0 Å². The smallest absolute Gasteiger partial charge is 0.126 e. The van der Waals surface area contributed by atoms with Crippen LogP contribution in [0.4, 0.5) is 5.82 Å². The number of aryl methyl sites for hydroxylation is 1. The van der Waals surface area contributed by atoms with Crippen LogP contribution in [-0.4, -0.2) is 17.1 Å². The summed E-state index contributed by atoms with van der Waals surface area (Å²) in [5.74, 6) is 0.829. The van der Waals surface area contributed by atoms with E-state index in [2.05, 4.69) is 17.2 Å². The summed E-state index contributed by atoms with van der Waals surface area (Å²) >= 11 is 0. The summed E-state index contributed by atoms with van der Waals surface area (Å²) in [5.41, 5.74) is 1.96. The van der Waals surface area contributed by atoms with Gasteiger partial charge < -0.3 is 10.4 Å². The zero-order valence-electron chi connectivity index (χ0n) is 8.17. The largest absolute Gasteiger partial charge is 0.392 e. The molecule has 0 fully saturated rings. The van der Waals surface area contributed by atoms with Crippen LogP contribution in [0.3, 0.4) is 0 Å². The van der Waals surface area contributed by atoms with Gasteiger partial charge >= 0.3 is 0 Å². The molecule has 2 N–H and O–H groups in total. The van der Waals surface area contributed by atoms with Crippen LogP contribution in [0.1, 0.15) is 24.6 Å². The quantitative estimate of drug-likeness (QED) is 0.739. The van der Waals surface area contributed by atoms with Crippen molar-refractivity contribution in [1.29, 1.82) is 0 Å². The van der Waals surface area contributed by atoms with E-state index in [1.807, 2.05) is 19.2 Å². The molecule has 1 heterocycles. The zero-order valence-corrected chi connectivity index (χ0v) is 8.17. The first kappa shape index (κ1) is 9.99. The first-order valence-corrected chi connectivity index (χ1v) is 4.58. The Labute approximate surface area is 78.8 Å². The van der Waals surface area contributed by atoms with E-state index in [9.17, 15) is 0 Å². The van der Waals surface area contributed by atoms with E-state index in [0.29, 0.717) is 0 Å². The van der Waals surface area contributed by atoms with Gasteiger partial charge in [-0.25, -0.2) is 4.98 Å². The van der Waals surface area contributed by atoms with Crippen LogP contribution >= 0.6 is 0 Å². The van der Waals surface area contributed by atoms with Crippen LogP contribution in [0, 0.1) is 0 Å². The van der Waals surface area contributed by atoms with Crippen molar-refractivity contribution in [2.24, 2.45) is 0 Å². The highest BCUT2D eigenvalue weighted by Gasteiger charge is 1.99. The number of nitrogens with zero attached hydrogens (tertiary/aromatic N) is 1. The normalized spacial score (nSPS) is 10.1. The second-order valence-electron chi connectivity index (χ2n) is 3.01. The molecule has 0 spiro atoms. The van der Waals surface area contributed by atoms with Crippen LogP contribution < -0.4 is 5.32 Å². The van der Waals surface area contributed by atoms with E-state index in [1.54, 1.807) is 0 Å². The Morgan fingerprint density at radius 3 is 2.77 bits per heavy atom. The van der Waals surface area contributed by atoms with E-state index < -0.39 is 0 Å². The third-order valence-corrected chi connectivity index (χ3v) is 1.88. The Bertz CT molecular complexity index is 251. The molecule has 0 aromatic carbocycles. The SMILES string of the molecule is CCCc1cc(CO)cc(NC)n1. The van der Waals surface area contributed by atoms with Crippen molar-refractivity contribution in [2.75, 3.05) is 12.4 Å². The summed E-state index contributed by atoms with van der Waals surface area (Å²) in [4.78, 5) is 4.37. The Morgan fingerprint density at radius 1 is 1.46 bits per heavy atom. The van der Waals surface area contributed by atoms with E-state index in [0.717, 1.165) is 29.9 Å². The molecule has 0 radical (unpaired) electrons. The fourth-order valence-electron chi connectivity index (χ4n) is 1.25. The number of aliphatic hydroxyl groups excluding tert-OH is 1. The van der Waals surface area contributed by atoms with Crippen molar-refractivity contribution in [2.45, 2.75) is 26.4 Å². The number of pyridine rings is 1. The Kier molecular flexibility index (Phi) is 3.71. The van der Waals surface area contributed by atoms with Crippen molar-refractivity contribution in [3.05, 3.63) is 23.4 Å². The maximum atomic E-state index is 8.99. The number of anilines is 1. The van der Waals surface area contributed by atoms with Gasteiger partial charge in [0.05, 0.1) is 6.61 Å². The molecule has 0 saturated heterocycles. The molecular formula is C10H16N2O. The lowest BCUT2D eigenvalue weighted by Gasteiger charge is -2.05. The first-order valence-electron chi connectivity index (χ1n) is 4.58. The molecule has 0 aliphatic heterocycles. The average molecular weight is 180 g/mol. The Hall–Kier alpha value is -1.09. The summed E-state index contributed by atoms with van der Waals surface area (Å²) in [6, 6.07) is 3.81. The molecule has 3 nitrogen and oxygen atoms in total. The minimum Gasteiger partial charge on any atom is -0.392 e. The molecule has 1 aromatic heterocycles. The molecular weight excluding hydrogens is 164 g/mol. The second kappa shape index (κ2) is 4.82. The van der Waals surface area contributed by atoms with Crippen LogP contribution in [-0.2, 0) is 13.0 Å². The molecule has 1 aromatic rings. The lowest BCUT2D eigenvalue weighted by atomic mass is 10.1. The lowest BCUT2D eigenvalue weighted by molar-refractivity contribution is 0.281. The van der Waals surface area contributed by atoms with E-state index in [4.69, 9.17) is 5.11 Å². The summed E-state index contributed by atoms with van der Waals surface area (Å²) in [6.45, 7) is 2.19. The fourth-order valence-corrected chi connectivity index (χ4v) is 1.25. The van der Waals surface area contributed by atoms with E-state index in [-0.39, 0.29) is 6.61 Å². The number of hydrogen-bond acceptors (Lipinski definition) is 3. The van der Waals surface area contributed by atoms with Gasteiger partial charge in [0.2, 0.25) is 0 Å². The predicted octanol–water partition coefficient (Wildman–Crippen LogP) is 1.57. The van der Waals surface area contributed by atoms with Crippen molar-refractivity contribution in [1.82, 2.24) is 4.98 Å². The number of aliphatic hydroxyl groups is 1. The van der Waals surface area contributed by atoms with Gasteiger partial charge in [0.25, 0.3) is 0 Å². The van der Waals surface area contributed by atoms with E-state index >= 15 is 0 Å². The van der Waals surface area contributed by atoms with Gasteiger partial charge in [-0.15, -0.1) is 0 Å². The summed E-state index contributed by atoms with van der Waals surface area (Å²) < 4.78 is 0. The van der Waals surface area contributed by atoms with Gasteiger partial charge in [0, 0.05) is 12.7 Å². The fraction of sp³-hybridized carbons (Fsp3) is 0.500. The van der Waals surface area contributed by atoms with Gasteiger partial charge in [0.1, 0.15) is 5.82 Å². The summed E-state index contributed by atoms with van der Waals surface area (Å²) in [5, 5.41) is 12.0. The van der Waals surface area contributed by atoms with Crippen LogP contribution in [0.15, 0.2) is 12.1 Å². The van der Waals surface area contributed by atoms with E-state index in [1.165, 1.54) is 0 Å². The molecule has 0 unspecified atom stereocenters. The molecule has 0 aliphatic rings. The van der Waals surface area contributed by atoms with Crippen LogP contribution in [0.5, 0.6) is 0 Å². The number of rotatable bonds is 4. The number of aromatic nitrogens is 1. The standard InChI is InChI=1S/C10H16N2O/c1-3-4-9-5-8(7-13)6-10(11-2)12-9/h5-6,13H,3-4,7H2,1-2H3,(H,11,12). The molecule has 1 rings (SSSR count). The van der Waals surface area contributed by atoms with Gasteiger partial charge in [-0.05, 0) is 24.1 Å². The number of hydrogen-bond donors (Lipinski definition) is 2. The molecule has 3 heteroatoms. The Balaban J connectivity index is 2.93. The number of nitrogens with one attached hydrogen (secondary N) is 1. The molecule has 13 heavy (non-hydrogen) atoms. The molecule has 0 saturated carbocycles. The highest BCUT2D eigenvalue weighted by Crippen LogP contribution is 2.11. The molecule has 72 valence electrons. The summed E-state index contributed by atoms with van der Waals surface area (Å²) in [6.07, 6.45) is 2.04. The van der Waals surface area contributed by atoms with Crippen molar-refractivity contribution in [3.8, 4) is 0 Å². The monoisotopic (exact) mass is 180 g/mol. The minimum atomic E-state index is 0.0773. The first-order chi connectivity index (χ1) is 6.30. The Morgan fingerprint density at radius 2 is 2.23 bits per heavy atom. The average Bonchev–Trinajstić information content (AvgIpc) is 2.17. The third kappa shape index (κ3) is 2.70. The maximum absolute atomic E-state index is 8.99. The van der Waals surface area contributed by atoms with Crippen molar-refractivity contribution >= 4 is 5.82 Å². The van der Waals surface area contributed by atoms with Crippen LogP contribution in [0.25, 0.3) is 0 Å². The molecule has 0 amide bonds. The molecule has 0 bridgehead atoms. The lowest BCUT2D eigenvalue weighted by Crippen LogP contribution is -1.99. The zero-order chi connectivity index (χ0) is 9.68. The van der Waals surface area contributed by atoms with Crippen molar-refractivity contribution < 1.29 is 5.11 Å². The van der Waals surface area contributed by atoms with Gasteiger partial charge in [-0.1, -0.05) is 13.3 Å². The maximum Gasteiger partial charge on any atom is 0.126 e. The second-order valence-corrected chi connectivity index (χ2v) is 3.01. The van der Waals surface area contributed by atoms with Gasteiger partial charge in [-0.3, -0.25) is 0 Å². The molecule has 0 atom stereocenters. The topological polar surface area (TPSA) is 45.1 Å². The van der Waals surface area contributed by atoms with Crippen molar-refractivity contribution in [3.63, 3.8) is 0 Å². The minimum absolute atomic E-state index is 0.0773.